The number of benzene rings is 2. The Labute approximate surface area is 338 Å². The normalized spacial score (nSPS) is 26.8. The van der Waals surface area contributed by atoms with Crippen molar-refractivity contribution < 1.29 is 37.9 Å². The maximum Gasteiger partial charge on any atom is 0.319 e. The number of aliphatic hydroxyl groups is 1. The number of piperidine rings is 1. The molecule has 2 aromatic carbocycles. The molecule has 0 amide bonds. The molecule has 0 unspecified atom stereocenters. The van der Waals surface area contributed by atoms with E-state index in [4.69, 9.17) is 35.3 Å². The molecule has 13 heteroatoms. The summed E-state index contributed by atoms with van der Waals surface area (Å²) < 4.78 is 56.5. The van der Waals surface area contributed by atoms with E-state index in [-0.39, 0.29) is 75.1 Å². The Morgan fingerprint density at radius 2 is 1.74 bits per heavy atom. The lowest BCUT2D eigenvalue weighted by Crippen LogP contribution is -2.56. The molecule has 2 saturated carbocycles. The quantitative estimate of drug-likeness (QED) is 0.185. The lowest BCUT2D eigenvalue weighted by molar-refractivity contribution is -0.0574. The van der Waals surface area contributed by atoms with Crippen molar-refractivity contribution in [1.82, 2.24) is 19.9 Å². The summed E-state index contributed by atoms with van der Waals surface area (Å²) in [4.78, 5) is 18.9. The van der Waals surface area contributed by atoms with Gasteiger partial charge in [-0.15, -0.1) is 6.42 Å². The summed E-state index contributed by atoms with van der Waals surface area (Å²) >= 11 is 0. The van der Waals surface area contributed by atoms with Gasteiger partial charge in [0.25, 0.3) is 0 Å². The molecule has 2 aliphatic carbocycles. The fourth-order valence-electron chi connectivity index (χ4n) is 11.1. The number of anilines is 1. The fourth-order valence-corrected chi connectivity index (χ4v) is 11.1. The summed E-state index contributed by atoms with van der Waals surface area (Å²) in [6.45, 7) is 5.79. The number of rotatable bonds is 7. The Balaban J connectivity index is 1.11. The number of aromatic nitrogens is 3. The van der Waals surface area contributed by atoms with Crippen LogP contribution >= 0.6 is 0 Å². The number of aromatic hydroxyl groups is 1. The number of ether oxygens (including phenoxy) is 4. The minimum absolute atomic E-state index is 0.000277. The van der Waals surface area contributed by atoms with Gasteiger partial charge >= 0.3 is 6.01 Å². The molecule has 0 bridgehead atoms. The lowest BCUT2D eigenvalue weighted by atomic mass is 9.66. The van der Waals surface area contributed by atoms with Gasteiger partial charge < -0.3 is 34.1 Å². The van der Waals surface area contributed by atoms with Crippen molar-refractivity contribution in [2.45, 2.75) is 95.2 Å². The second-order valence-electron chi connectivity index (χ2n) is 17.7. The van der Waals surface area contributed by atoms with Gasteiger partial charge in [0, 0.05) is 48.2 Å². The van der Waals surface area contributed by atoms with Crippen molar-refractivity contribution in [2.24, 2.45) is 10.8 Å². The number of nitrogens with zero attached hydrogens (tertiary/aromatic N) is 5. The van der Waals surface area contributed by atoms with Crippen molar-refractivity contribution >= 4 is 27.5 Å². The van der Waals surface area contributed by atoms with Crippen molar-refractivity contribution in [3.05, 3.63) is 41.5 Å². The number of β-amino-alcohol motifs (C(OH)–C–C–N with tert-alkyl or cyclic N) is 1. The monoisotopic (exact) mass is 797 g/mol. The first kappa shape index (κ1) is 39.1. The van der Waals surface area contributed by atoms with Gasteiger partial charge in [-0.3, -0.25) is 4.90 Å². The van der Waals surface area contributed by atoms with Crippen LogP contribution in [0.3, 0.4) is 0 Å². The molecule has 3 aliphatic heterocycles. The minimum atomic E-state index is -1.24. The molecule has 58 heavy (non-hydrogen) atoms. The van der Waals surface area contributed by atoms with E-state index in [1.54, 1.807) is 6.92 Å². The number of hydrogen-bond acceptors (Lipinski definition) is 11. The number of fused-ring (bicyclic) bond motifs is 3. The fraction of sp³-hybridized carbons (Fsp3) is 0.578. The average molecular weight is 798 g/mol. The van der Waals surface area contributed by atoms with Crippen molar-refractivity contribution in [3.8, 4) is 41.2 Å². The van der Waals surface area contributed by atoms with E-state index in [0.29, 0.717) is 42.6 Å². The van der Waals surface area contributed by atoms with Crippen LogP contribution in [0, 0.1) is 34.8 Å². The lowest BCUT2D eigenvalue weighted by Gasteiger charge is -2.52. The van der Waals surface area contributed by atoms with Gasteiger partial charge in [-0.05, 0) is 107 Å². The van der Waals surface area contributed by atoms with Crippen LogP contribution in [0.1, 0.15) is 83.1 Å². The third kappa shape index (κ3) is 6.99. The molecule has 308 valence electrons. The molecule has 0 radical (unpaired) electrons. The minimum Gasteiger partial charge on any atom is -0.508 e. The number of phenols is 1. The average Bonchev–Trinajstić information content (AvgIpc) is 3.57. The highest BCUT2D eigenvalue weighted by Crippen LogP contribution is 2.52. The number of phenolic OH excluding ortho intramolecular Hbond substituents is 1. The van der Waals surface area contributed by atoms with Crippen LogP contribution in [0.4, 0.5) is 14.6 Å². The smallest absolute Gasteiger partial charge is 0.319 e. The topological polar surface area (TPSA) is 123 Å². The van der Waals surface area contributed by atoms with E-state index in [9.17, 15) is 10.2 Å². The Morgan fingerprint density at radius 3 is 2.52 bits per heavy atom. The van der Waals surface area contributed by atoms with Crippen LogP contribution < -0.4 is 14.4 Å². The van der Waals surface area contributed by atoms with Gasteiger partial charge in [0.1, 0.15) is 39.6 Å². The molecule has 3 atom stereocenters. The molecule has 5 fully saturated rings. The Morgan fingerprint density at radius 1 is 0.948 bits per heavy atom. The van der Waals surface area contributed by atoms with Crippen LogP contribution in [0.2, 0.25) is 0 Å². The standard InChI is InChI=1S/C45H53F2N5O6/c1-4-31-33(46)9-8-28-23-30(53)24-32(35(28)31)38-37(47)39-36(41(48-38)55-3)40(51-19-22-57-26-43(2,54)25-51)50-42(49-39)58-27-45-12-5-7-34(45)52(18-6-13-45)29-10-14-44(15-11-29)16-20-56-21-17-44/h1,8-9,23-24,29,34,53-54H,5-7,10-22,25-27H2,2-3H3/t34-,43+,45-/m1/s1. The van der Waals surface area contributed by atoms with Crippen LogP contribution in [-0.4, -0.2) is 108 Å². The Kier molecular flexibility index (Phi) is 10.4. The largest absolute Gasteiger partial charge is 0.508 e. The zero-order chi connectivity index (χ0) is 40.2. The number of pyridine rings is 1. The summed E-state index contributed by atoms with van der Waals surface area (Å²) in [5, 5.41) is 22.8. The molecule has 5 heterocycles. The summed E-state index contributed by atoms with van der Waals surface area (Å²) in [6, 6.07) is 6.38. The maximum atomic E-state index is 17.4. The molecule has 9 rings (SSSR count). The number of halogens is 2. The predicted octanol–water partition coefficient (Wildman–Crippen LogP) is 7.16. The number of hydrogen-bond donors (Lipinski definition) is 2. The first-order chi connectivity index (χ1) is 28.0. The second-order valence-corrected chi connectivity index (χ2v) is 17.7. The molecule has 5 aliphatic rings. The second kappa shape index (κ2) is 15.4. The summed E-state index contributed by atoms with van der Waals surface area (Å²) in [7, 11) is 1.41. The zero-order valence-corrected chi connectivity index (χ0v) is 33.5. The maximum absolute atomic E-state index is 17.4. The van der Waals surface area contributed by atoms with E-state index in [0.717, 1.165) is 51.9 Å². The highest BCUT2D eigenvalue weighted by Gasteiger charge is 2.51. The Bertz CT molecular complexity index is 2250. The summed E-state index contributed by atoms with van der Waals surface area (Å²) in [6.07, 6.45) is 18.5. The van der Waals surface area contributed by atoms with Gasteiger partial charge in [-0.25, -0.2) is 13.8 Å². The van der Waals surface area contributed by atoms with Gasteiger partial charge in [0.15, 0.2) is 5.82 Å². The first-order valence-corrected chi connectivity index (χ1v) is 20.9. The Hall–Kier alpha value is -4.35. The van der Waals surface area contributed by atoms with E-state index in [1.807, 2.05) is 4.90 Å². The van der Waals surface area contributed by atoms with E-state index in [2.05, 4.69) is 15.8 Å². The van der Waals surface area contributed by atoms with E-state index < -0.39 is 17.2 Å². The highest BCUT2D eigenvalue weighted by molar-refractivity contribution is 6.04. The number of methoxy groups -OCH3 is 1. The van der Waals surface area contributed by atoms with Gasteiger partial charge in [-0.1, -0.05) is 18.4 Å². The third-order valence-electron chi connectivity index (χ3n) is 14.0. The zero-order valence-electron chi connectivity index (χ0n) is 33.5. The molecule has 3 saturated heterocycles. The number of terminal acetylenes is 1. The first-order valence-electron chi connectivity index (χ1n) is 20.9. The van der Waals surface area contributed by atoms with E-state index >= 15 is 8.78 Å². The molecule has 2 aromatic heterocycles. The molecule has 1 spiro atoms. The van der Waals surface area contributed by atoms with Crippen LogP contribution in [0.25, 0.3) is 32.9 Å². The van der Waals surface area contributed by atoms with Crippen LogP contribution in [-0.2, 0) is 9.47 Å². The van der Waals surface area contributed by atoms with Gasteiger partial charge in [-0.2, -0.15) is 9.97 Å². The van der Waals surface area contributed by atoms with Crippen LogP contribution in [0.15, 0.2) is 24.3 Å². The molecule has 4 aromatic rings. The molecular weight excluding hydrogens is 745 g/mol. The number of likely N-dealkylation sites (tertiary alicyclic amines) is 1. The van der Waals surface area contributed by atoms with Crippen molar-refractivity contribution in [1.29, 1.82) is 0 Å². The van der Waals surface area contributed by atoms with Gasteiger partial charge in [0.2, 0.25) is 5.88 Å². The molecule has 2 N–H and O–H groups in total. The third-order valence-corrected chi connectivity index (χ3v) is 14.0. The van der Waals surface area contributed by atoms with E-state index in [1.165, 1.54) is 69.9 Å². The SMILES string of the molecule is C#Cc1c(F)ccc2cc(O)cc(-c3nc(OC)c4c(N5CCOC[C@@](C)(O)C5)nc(OC[C@]56CCC[C@H]5N(C5CCC7(CCOCC7)CC5)CCC6)nc4c3F)c12. The van der Waals surface area contributed by atoms with Crippen LogP contribution in [0.5, 0.6) is 17.6 Å². The summed E-state index contributed by atoms with van der Waals surface area (Å²) in [5.74, 6) is 0.991. The summed E-state index contributed by atoms with van der Waals surface area (Å²) in [5.41, 5.74) is -1.27. The predicted molar refractivity (Wildman–Crippen MR) is 216 cm³/mol. The molecule has 11 nitrogen and oxygen atoms in total. The highest BCUT2D eigenvalue weighted by atomic mass is 19.1. The van der Waals surface area contributed by atoms with Crippen molar-refractivity contribution in [2.75, 3.05) is 64.7 Å². The molecular formula is C45H53F2N5O6. The van der Waals surface area contributed by atoms with Gasteiger partial charge in [0.05, 0.1) is 39.0 Å². The van der Waals surface area contributed by atoms with Crippen molar-refractivity contribution in [3.63, 3.8) is 0 Å².